The third-order valence-electron chi connectivity index (χ3n) is 5.88. The Bertz CT molecular complexity index is 1080. The number of aryl methyl sites for hydroxylation is 1. The summed E-state index contributed by atoms with van der Waals surface area (Å²) >= 11 is 0. The zero-order chi connectivity index (χ0) is 19.5. The molecule has 1 saturated carbocycles. The van der Waals surface area contributed by atoms with Crippen molar-refractivity contribution in [3.8, 4) is 17.0 Å². The summed E-state index contributed by atoms with van der Waals surface area (Å²) in [4.78, 5) is 6.80. The van der Waals surface area contributed by atoms with E-state index in [2.05, 4.69) is 15.0 Å². The number of morpholine rings is 1. The zero-order valence-corrected chi connectivity index (χ0v) is 15.5. The van der Waals surface area contributed by atoms with Crippen molar-refractivity contribution in [3.63, 3.8) is 0 Å². The van der Waals surface area contributed by atoms with Crippen LogP contribution >= 0.6 is 0 Å². The van der Waals surface area contributed by atoms with Crippen LogP contribution < -0.4 is 4.90 Å². The quantitative estimate of drug-likeness (QED) is 0.732. The normalized spacial score (nSPS) is 18.6. The Hall–Kier alpha value is -2.74. The Morgan fingerprint density at radius 1 is 1.25 bits per heavy atom. The van der Waals surface area contributed by atoms with Gasteiger partial charge in [0.1, 0.15) is 11.5 Å². The van der Waals surface area contributed by atoms with Gasteiger partial charge in [-0.25, -0.2) is 13.8 Å². The number of fused-ring (bicyclic) bond motifs is 1. The molecule has 2 aromatic heterocycles. The fourth-order valence-corrected chi connectivity index (χ4v) is 4.15. The van der Waals surface area contributed by atoms with Crippen molar-refractivity contribution < 1.29 is 18.6 Å². The second-order valence-corrected chi connectivity index (χ2v) is 7.60. The molecule has 2 fully saturated rings. The van der Waals surface area contributed by atoms with E-state index in [1.807, 2.05) is 6.07 Å². The van der Waals surface area contributed by atoms with Crippen LogP contribution in [0.3, 0.4) is 0 Å². The topological polar surface area (TPSA) is 63.4 Å². The summed E-state index contributed by atoms with van der Waals surface area (Å²) in [5.41, 5.74) is 1.11. The van der Waals surface area contributed by atoms with E-state index in [0.717, 1.165) is 43.3 Å². The Morgan fingerprint density at radius 3 is 2.82 bits per heavy atom. The molecule has 146 valence electrons. The van der Waals surface area contributed by atoms with Crippen LogP contribution in [0.5, 0.6) is 5.75 Å². The second kappa shape index (κ2) is 6.13. The third kappa shape index (κ3) is 2.55. The lowest BCUT2D eigenvalue weighted by Crippen LogP contribution is -2.55. The number of ether oxygens (including phenoxy) is 1. The van der Waals surface area contributed by atoms with Crippen LogP contribution in [0.2, 0.25) is 0 Å². The van der Waals surface area contributed by atoms with E-state index < -0.39 is 17.4 Å². The van der Waals surface area contributed by atoms with Crippen molar-refractivity contribution in [2.75, 3.05) is 24.6 Å². The Labute approximate surface area is 160 Å². The fraction of sp³-hybridized carbons (Fsp3) is 0.400. The molecule has 1 aromatic carbocycles. The molecular weight excluding hydrogens is 366 g/mol. The highest BCUT2D eigenvalue weighted by Crippen LogP contribution is 2.40. The van der Waals surface area contributed by atoms with Gasteiger partial charge in [0.2, 0.25) is 0 Å². The van der Waals surface area contributed by atoms with Crippen LogP contribution in [0.4, 0.5) is 14.6 Å². The van der Waals surface area contributed by atoms with E-state index >= 15 is 0 Å². The molecule has 0 radical (unpaired) electrons. The highest BCUT2D eigenvalue weighted by Gasteiger charge is 2.42. The molecule has 2 aliphatic rings. The van der Waals surface area contributed by atoms with Gasteiger partial charge in [0, 0.05) is 43.4 Å². The van der Waals surface area contributed by atoms with Crippen molar-refractivity contribution in [1.29, 1.82) is 0 Å². The average Bonchev–Trinajstić information content (AvgIpc) is 3.01. The highest BCUT2D eigenvalue weighted by molar-refractivity contribution is 5.94. The minimum atomic E-state index is -1.02. The summed E-state index contributed by atoms with van der Waals surface area (Å²) in [5.74, 6) is -2.19. The summed E-state index contributed by atoms with van der Waals surface area (Å²) in [6.45, 7) is 2.26. The molecule has 8 heteroatoms. The predicted octanol–water partition coefficient (Wildman–Crippen LogP) is 3.38. The molecule has 28 heavy (non-hydrogen) atoms. The van der Waals surface area contributed by atoms with Crippen LogP contribution in [-0.4, -0.2) is 45.2 Å². The van der Waals surface area contributed by atoms with Gasteiger partial charge in [0.15, 0.2) is 17.4 Å². The highest BCUT2D eigenvalue weighted by atomic mass is 19.1. The maximum Gasteiger partial charge on any atom is 0.188 e. The number of nitrogens with zero attached hydrogens (tertiary/aromatic N) is 4. The number of anilines is 1. The van der Waals surface area contributed by atoms with Crippen molar-refractivity contribution in [3.05, 3.63) is 36.0 Å². The average molecular weight is 386 g/mol. The lowest BCUT2D eigenvalue weighted by molar-refractivity contribution is -0.106. The van der Waals surface area contributed by atoms with Crippen molar-refractivity contribution in [2.45, 2.75) is 24.9 Å². The van der Waals surface area contributed by atoms with Crippen LogP contribution in [0.1, 0.15) is 19.3 Å². The number of benzene rings is 1. The van der Waals surface area contributed by atoms with Crippen LogP contribution in [0.15, 0.2) is 24.4 Å². The van der Waals surface area contributed by atoms with E-state index in [4.69, 9.17) is 4.74 Å². The third-order valence-corrected chi connectivity index (χ3v) is 5.88. The molecule has 1 aliphatic carbocycles. The SMILES string of the molecule is Cn1nc(-c2ccc(F)c(O)c2F)c2cnc(N3CCOC4(CCC4)C3)cc21. The number of halogens is 2. The first kappa shape index (κ1) is 17.4. The molecule has 5 rings (SSSR count). The smallest absolute Gasteiger partial charge is 0.188 e. The van der Waals surface area contributed by atoms with Crippen molar-refractivity contribution in [1.82, 2.24) is 14.8 Å². The molecule has 3 aromatic rings. The number of pyridine rings is 1. The van der Waals surface area contributed by atoms with Gasteiger partial charge in [-0.05, 0) is 31.4 Å². The number of hydrogen-bond acceptors (Lipinski definition) is 5. The van der Waals surface area contributed by atoms with E-state index in [9.17, 15) is 13.9 Å². The molecule has 1 saturated heterocycles. The van der Waals surface area contributed by atoms with Gasteiger partial charge >= 0.3 is 0 Å². The molecule has 0 bridgehead atoms. The van der Waals surface area contributed by atoms with Crippen molar-refractivity contribution >= 4 is 16.7 Å². The van der Waals surface area contributed by atoms with E-state index in [-0.39, 0.29) is 11.2 Å². The lowest BCUT2D eigenvalue weighted by Gasteiger charge is -2.48. The van der Waals surface area contributed by atoms with Gasteiger partial charge < -0.3 is 14.7 Å². The van der Waals surface area contributed by atoms with Gasteiger partial charge in [-0.3, -0.25) is 4.68 Å². The van der Waals surface area contributed by atoms with E-state index in [1.54, 1.807) is 17.9 Å². The first-order valence-electron chi connectivity index (χ1n) is 9.36. The molecular formula is C20H20F2N4O2. The van der Waals surface area contributed by atoms with E-state index in [0.29, 0.717) is 17.7 Å². The monoisotopic (exact) mass is 386 g/mol. The number of aromatic hydroxyl groups is 1. The molecule has 0 unspecified atom stereocenters. The minimum Gasteiger partial charge on any atom is -0.503 e. The van der Waals surface area contributed by atoms with Gasteiger partial charge in [0.05, 0.1) is 17.7 Å². The number of aromatic nitrogens is 3. The minimum absolute atomic E-state index is 0.0404. The Balaban J connectivity index is 1.55. The first-order valence-corrected chi connectivity index (χ1v) is 9.36. The Morgan fingerprint density at radius 2 is 2.07 bits per heavy atom. The number of hydrogen-bond donors (Lipinski definition) is 1. The van der Waals surface area contributed by atoms with E-state index in [1.165, 1.54) is 12.5 Å². The van der Waals surface area contributed by atoms with Gasteiger partial charge in [0.25, 0.3) is 0 Å². The summed E-state index contributed by atoms with van der Waals surface area (Å²) in [7, 11) is 1.77. The van der Waals surface area contributed by atoms with Crippen molar-refractivity contribution in [2.24, 2.45) is 7.05 Å². The molecule has 0 atom stereocenters. The van der Waals surface area contributed by atoms with Crippen LogP contribution in [-0.2, 0) is 11.8 Å². The number of phenols is 1. The largest absolute Gasteiger partial charge is 0.503 e. The van der Waals surface area contributed by atoms with Gasteiger partial charge in [-0.1, -0.05) is 0 Å². The lowest BCUT2D eigenvalue weighted by atomic mass is 9.79. The number of phenolic OH excluding ortho intramolecular Hbond substituents is 1. The molecule has 1 aliphatic heterocycles. The number of rotatable bonds is 2. The van der Waals surface area contributed by atoms with Gasteiger partial charge in [-0.2, -0.15) is 5.10 Å². The fourth-order valence-electron chi connectivity index (χ4n) is 4.15. The maximum atomic E-state index is 14.4. The molecule has 3 heterocycles. The predicted molar refractivity (Wildman–Crippen MR) is 100 cm³/mol. The molecule has 0 amide bonds. The molecule has 1 N–H and O–H groups in total. The Kier molecular flexibility index (Phi) is 3.80. The second-order valence-electron chi connectivity index (χ2n) is 7.60. The molecule has 1 spiro atoms. The summed E-state index contributed by atoms with van der Waals surface area (Å²) in [6.07, 6.45) is 5.01. The maximum absolute atomic E-state index is 14.4. The summed E-state index contributed by atoms with van der Waals surface area (Å²) in [6, 6.07) is 4.25. The first-order chi connectivity index (χ1) is 13.5. The summed E-state index contributed by atoms with van der Waals surface area (Å²) in [5, 5.41) is 14.6. The van der Waals surface area contributed by atoms with Crippen LogP contribution in [0, 0.1) is 11.6 Å². The summed E-state index contributed by atoms with van der Waals surface area (Å²) < 4.78 is 35.4. The van der Waals surface area contributed by atoms with Crippen LogP contribution in [0.25, 0.3) is 22.2 Å². The van der Waals surface area contributed by atoms with Gasteiger partial charge in [-0.15, -0.1) is 0 Å². The standard InChI is InChI=1S/C20H20F2N4O2/c1-25-15-9-16(26-7-8-28-20(11-26)5-2-6-20)23-10-13(15)18(24-25)12-3-4-14(21)19(27)17(12)22/h3-4,9-10,27H,2,5-8,11H2,1H3. The molecule has 6 nitrogen and oxygen atoms in total. The zero-order valence-electron chi connectivity index (χ0n) is 15.5.